The van der Waals surface area contributed by atoms with Crippen molar-refractivity contribution in [3.63, 3.8) is 0 Å². The zero-order valence-corrected chi connectivity index (χ0v) is 19.6. The Morgan fingerprint density at radius 3 is 2.45 bits per heavy atom. The van der Waals surface area contributed by atoms with Crippen LogP contribution in [-0.4, -0.2) is 48.1 Å². The predicted octanol–water partition coefficient (Wildman–Crippen LogP) is 4.22. The van der Waals surface area contributed by atoms with E-state index in [0.717, 1.165) is 45.4 Å². The lowest BCUT2D eigenvalue weighted by Gasteiger charge is -2.29. The van der Waals surface area contributed by atoms with Crippen LogP contribution in [0, 0.1) is 0 Å². The smallest absolute Gasteiger partial charge is 0.228 e. The first-order chi connectivity index (χ1) is 16.1. The lowest BCUT2D eigenvalue weighted by atomic mass is 9.98. The maximum Gasteiger partial charge on any atom is 0.228 e. The first-order valence-electron chi connectivity index (χ1n) is 10.7. The third kappa shape index (κ3) is 4.02. The van der Waals surface area contributed by atoms with E-state index in [1.54, 1.807) is 32.7 Å². The van der Waals surface area contributed by atoms with Crippen molar-refractivity contribution in [3.8, 4) is 28.5 Å². The highest BCUT2D eigenvalue weighted by Gasteiger charge is 2.24. The number of methoxy groups -OCH3 is 3. The van der Waals surface area contributed by atoms with Gasteiger partial charge in [-0.05, 0) is 53.9 Å². The molecule has 5 rings (SSSR count). The molecule has 1 aliphatic heterocycles. The standard InChI is InChI=1S/C25H25N3O4S/c1-30-20-6-4-16(5-7-20)21-14-28-19(15-33-25(28)26-21)12-24(29)27-9-8-17-10-22(31-2)23(32-3)11-18(17)13-27/h4-7,10-11,14-15H,8-9,12-13H2,1-3H3. The molecule has 0 atom stereocenters. The average molecular weight is 464 g/mol. The predicted molar refractivity (Wildman–Crippen MR) is 127 cm³/mol. The molecule has 33 heavy (non-hydrogen) atoms. The second-order valence-electron chi connectivity index (χ2n) is 7.95. The molecule has 4 aromatic rings. The fourth-order valence-electron chi connectivity index (χ4n) is 4.22. The summed E-state index contributed by atoms with van der Waals surface area (Å²) < 4.78 is 18.1. The van der Waals surface area contributed by atoms with E-state index in [2.05, 4.69) is 0 Å². The molecule has 8 heteroatoms. The number of hydrogen-bond donors (Lipinski definition) is 0. The van der Waals surface area contributed by atoms with E-state index in [0.29, 0.717) is 25.3 Å². The molecule has 3 heterocycles. The van der Waals surface area contributed by atoms with Crippen LogP contribution in [0.3, 0.4) is 0 Å². The maximum atomic E-state index is 13.2. The fourth-order valence-corrected chi connectivity index (χ4v) is 5.09. The molecule has 2 aromatic heterocycles. The Hall–Kier alpha value is -3.52. The molecule has 170 valence electrons. The van der Waals surface area contributed by atoms with Crippen LogP contribution in [0.5, 0.6) is 17.2 Å². The second kappa shape index (κ2) is 8.78. The molecule has 0 fully saturated rings. The number of benzene rings is 2. The van der Waals surface area contributed by atoms with Crippen LogP contribution in [-0.2, 0) is 24.2 Å². The summed E-state index contributed by atoms with van der Waals surface area (Å²) in [5, 5.41) is 2.02. The third-order valence-electron chi connectivity index (χ3n) is 6.07. The van der Waals surface area contributed by atoms with Gasteiger partial charge in [-0.2, -0.15) is 0 Å². The van der Waals surface area contributed by atoms with E-state index in [4.69, 9.17) is 19.2 Å². The first kappa shape index (κ1) is 21.3. The van der Waals surface area contributed by atoms with E-state index in [1.807, 2.05) is 57.3 Å². The van der Waals surface area contributed by atoms with Gasteiger partial charge in [0.1, 0.15) is 5.75 Å². The van der Waals surface area contributed by atoms with Crippen LogP contribution in [0.15, 0.2) is 48.0 Å². The van der Waals surface area contributed by atoms with Crippen LogP contribution in [0.1, 0.15) is 16.8 Å². The minimum atomic E-state index is 0.106. The largest absolute Gasteiger partial charge is 0.497 e. The Balaban J connectivity index is 1.34. The summed E-state index contributed by atoms with van der Waals surface area (Å²) in [6.07, 6.45) is 3.13. The molecule has 0 saturated carbocycles. The van der Waals surface area contributed by atoms with E-state index in [1.165, 1.54) is 5.56 Å². The van der Waals surface area contributed by atoms with E-state index in [-0.39, 0.29) is 5.91 Å². The monoisotopic (exact) mass is 463 g/mol. The number of carbonyl (C=O) groups is 1. The molecule has 0 N–H and O–H groups in total. The summed E-state index contributed by atoms with van der Waals surface area (Å²) in [5.74, 6) is 2.33. The highest BCUT2D eigenvalue weighted by atomic mass is 32.1. The molecule has 0 spiro atoms. The molecule has 0 bridgehead atoms. The van der Waals surface area contributed by atoms with Gasteiger partial charge in [-0.15, -0.1) is 11.3 Å². The Labute approximate surface area is 196 Å². The zero-order valence-electron chi connectivity index (χ0n) is 18.8. The number of amides is 1. The number of hydrogen-bond acceptors (Lipinski definition) is 6. The second-order valence-corrected chi connectivity index (χ2v) is 8.79. The van der Waals surface area contributed by atoms with E-state index < -0.39 is 0 Å². The Bertz CT molecular complexity index is 1310. The number of rotatable bonds is 6. The Morgan fingerprint density at radius 1 is 1.03 bits per heavy atom. The highest BCUT2D eigenvalue weighted by Crippen LogP contribution is 2.33. The summed E-state index contributed by atoms with van der Waals surface area (Å²) in [5.41, 5.74) is 5.15. The quantitative estimate of drug-likeness (QED) is 0.429. The van der Waals surface area contributed by atoms with Crippen molar-refractivity contribution in [3.05, 3.63) is 64.8 Å². The van der Waals surface area contributed by atoms with Crippen LogP contribution >= 0.6 is 11.3 Å². The molecular formula is C25H25N3O4S. The molecule has 1 aliphatic rings. The minimum Gasteiger partial charge on any atom is -0.497 e. The van der Waals surface area contributed by atoms with Crippen LogP contribution in [0.25, 0.3) is 16.2 Å². The normalized spacial score (nSPS) is 13.1. The summed E-state index contributed by atoms with van der Waals surface area (Å²) in [7, 11) is 4.92. The van der Waals surface area contributed by atoms with Crippen molar-refractivity contribution in [2.75, 3.05) is 27.9 Å². The fraction of sp³-hybridized carbons (Fsp3) is 0.280. The van der Waals surface area contributed by atoms with Gasteiger partial charge in [0.05, 0.1) is 33.4 Å². The SMILES string of the molecule is COc1ccc(-c2cn3c(CC(=O)N4CCc5cc(OC)c(OC)cc5C4)csc3n2)cc1. The average Bonchev–Trinajstić information content (AvgIpc) is 3.44. The van der Waals surface area contributed by atoms with Gasteiger partial charge >= 0.3 is 0 Å². The van der Waals surface area contributed by atoms with Crippen molar-refractivity contribution in [1.82, 2.24) is 14.3 Å². The van der Waals surface area contributed by atoms with Crippen LogP contribution in [0.2, 0.25) is 0 Å². The van der Waals surface area contributed by atoms with Gasteiger partial charge in [0.15, 0.2) is 16.5 Å². The first-order valence-corrected chi connectivity index (χ1v) is 11.6. The van der Waals surface area contributed by atoms with Crippen molar-refractivity contribution < 1.29 is 19.0 Å². The number of nitrogens with zero attached hydrogens (tertiary/aromatic N) is 3. The third-order valence-corrected chi connectivity index (χ3v) is 6.96. The molecule has 0 radical (unpaired) electrons. The van der Waals surface area contributed by atoms with Gasteiger partial charge in [0, 0.05) is 35.9 Å². The van der Waals surface area contributed by atoms with Gasteiger partial charge in [-0.1, -0.05) is 0 Å². The van der Waals surface area contributed by atoms with Gasteiger partial charge in [0.25, 0.3) is 0 Å². The topological polar surface area (TPSA) is 65.3 Å². The zero-order chi connectivity index (χ0) is 22.9. The van der Waals surface area contributed by atoms with Crippen molar-refractivity contribution in [2.45, 2.75) is 19.4 Å². The lowest BCUT2D eigenvalue weighted by molar-refractivity contribution is -0.131. The summed E-state index contributed by atoms with van der Waals surface area (Å²) in [6, 6.07) is 11.8. The van der Waals surface area contributed by atoms with Crippen molar-refractivity contribution in [1.29, 1.82) is 0 Å². The minimum absolute atomic E-state index is 0.106. The number of fused-ring (bicyclic) bond motifs is 2. The molecule has 7 nitrogen and oxygen atoms in total. The van der Waals surface area contributed by atoms with Gasteiger partial charge in [-0.3, -0.25) is 9.20 Å². The molecule has 0 unspecified atom stereocenters. The number of carbonyl (C=O) groups excluding carboxylic acids is 1. The Morgan fingerprint density at radius 2 is 1.76 bits per heavy atom. The number of aromatic nitrogens is 2. The number of thiazole rings is 1. The molecule has 0 saturated heterocycles. The summed E-state index contributed by atoms with van der Waals surface area (Å²) >= 11 is 1.55. The number of ether oxygens (including phenoxy) is 3. The number of imidazole rings is 1. The summed E-state index contributed by atoms with van der Waals surface area (Å²) in [4.78, 5) is 20.7. The van der Waals surface area contributed by atoms with Crippen molar-refractivity contribution >= 4 is 22.2 Å². The Kier molecular flexibility index (Phi) is 5.68. The lowest BCUT2D eigenvalue weighted by Crippen LogP contribution is -2.37. The van der Waals surface area contributed by atoms with Gasteiger partial charge < -0.3 is 19.1 Å². The van der Waals surface area contributed by atoms with Gasteiger partial charge in [-0.25, -0.2) is 4.98 Å². The highest BCUT2D eigenvalue weighted by molar-refractivity contribution is 7.15. The van der Waals surface area contributed by atoms with Gasteiger partial charge in [0.2, 0.25) is 5.91 Å². The van der Waals surface area contributed by atoms with Crippen LogP contribution < -0.4 is 14.2 Å². The molecule has 0 aliphatic carbocycles. The van der Waals surface area contributed by atoms with E-state index in [9.17, 15) is 4.79 Å². The van der Waals surface area contributed by atoms with Crippen LogP contribution in [0.4, 0.5) is 0 Å². The molecule has 1 amide bonds. The van der Waals surface area contributed by atoms with E-state index >= 15 is 0 Å². The molecule has 2 aromatic carbocycles. The maximum absolute atomic E-state index is 13.2. The summed E-state index contributed by atoms with van der Waals surface area (Å²) in [6.45, 7) is 1.26. The van der Waals surface area contributed by atoms with Crippen molar-refractivity contribution in [2.24, 2.45) is 0 Å². The molecular weight excluding hydrogens is 438 g/mol.